The number of nitrogens with zero attached hydrogens (tertiary/aromatic N) is 3. The van der Waals surface area contributed by atoms with Gasteiger partial charge in [0.05, 0.1) is 0 Å². The van der Waals surface area contributed by atoms with Gasteiger partial charge < -0.3 is 15.1 Å². The van der Waals surface area contributed by atoms with E-state index >= 15 is 0 Å². The molecule has 7 heteroatoms. The van der Waals surface area contributed by atoms with Crippen molar-refractivity contribution in [3.63, 3.8) is 0 Å². The van der Waals surface area contributed by atoms with Gasteiger partial charge >= 0.3 is 6.03 Å². The highest BCUT2D eigenvalue weighted by Gasteiger charge is 2.29. The van der Waals surface area contributed by atoms with Crippen LogP contribution < -0.4 is 5.32 Å². The van der Waals surface area contributed by atoms with Crippen LogP contribution in [0, 0.1) is 0 Å². The lowest BCUT2D eigenvalue weighted by atomic mass is 10.1. The van der Waals surface area contributed by atoms with Gasteiger partial charge in [0.1, 0.15) is 0 Å². The molecule has 7 nitrogen and oxygen atoms in total. The Morgan fingerprint density at radius 2 is 1.95 bits per heavy atom. The number of nitrogens with one attached hydrogen (secondary N) is 1. The molecule has 2 aliphatic rings. The van der Waals surface area contributed by atoms with E-state index in [2.05, 4.69) is 10.2 Å². The Balaban J connectivity index is 1.74. The van der Waals surface area contributed by atoms with Crippen LogP contribution in [0.1, 0.15) is 25.7 Å². The van der Waals surface area contributed by atoms with E-state index in [-0.39, 0.29) is 24.4 Å². The lowest BCUT2D eigenvalue weighted by molar-refractivity contribution is -0.138. The van der Waals surface area contributed by atoms with E-state index in [9.17, 15) is 14.4 Å². The van der Waals surface area contributed by atoms with E-state index in [4.69, 9.17) is 0 Å². The first-order chi connectivity index (χ1) is 9.99. The van der Waals surface area contributed by atoms with Crippen LogP contribution in [0.15, 0.2) is 0 Å². The lowest BCUT2D eigenvalue weighted by Gasteiger charge is -2.36. The third-order valence-electron chi connectivity index (χ3n) is 4.18. The number of hydrogen-bond acceptors (Lipinski definition) is 4. The fraction of sp³-hybridized carbons (Fsp3) is 0.786. The van der Waals surface area contributed by atoms with Crippen molar-refractivity contribution in [3.8, 4) is 0 Å². The summed E-state index contributed by atoms with van der Waals surface area (Å²) in [7, 11) is 4.05. The smallest absolute Gasteiger partial charge is 0.317 e. The zero-order valence-electron chi connectivity index (χ0n) is 12.8. The van der Waals surface area contributed by atoms with E-state index in [0.29, 0.717) is 25.4 Å². The average Bonchev–Trinajstić information content (AvgIpc) is 2.79. The number of urea groups is 1. The third kappa shape index (κ3) is 3.93. The van der Waals surface area contributed by atoms with Gasteiger partial charge in [-0.3, -0.25) is 14.5 Å². The van der Waals surface area contributed by atoms with E-state index in [1.54, 1.807) is 0 Å². The first-order valence-electron chi connectivity index (χ1n) is 7.51. The van der Waals surface area contributed by atoms with Gasteiger partial charge in [-0.15, -0.1) is 0 Å². The summed E-state index contributed by atoms with van der Waals surface area (Å²) in [6.07, 6.45) is 2.69. The van der Waals surface area contributed by atoms with Gasteiger partial charge in [-0.2, -0.15) is 0 Å². The molecule has 118 valence electrons. The Bertz CT molecular complexity index is 408. The summed E-state index contributed by atoms with van der Waals surface area (Å²) in [5.41, 5.74) is 0. The van der Waals surface area contributed by atoms with E-state index in [1.807, 2.05) is 19.0 Å². The number of likely N-dealkylation sites (tertiary alicyclic amines) is 2. The van der Waals surface area contributed by atoms with Crippen molar-refractivity contribution < 1.29 is 14.4 Å². The van der Waals surface area contributed by atoms with E-state index < -0.39 is 0 Å². The molecule has 0 radical (unpaired) electrons. The molecule has 0 aromatic heterocycles. The zero-order valence-corrected chi connectivity index (χ0v) is 12.8. The fourth-order valence-electron chi connectivity index (χ4n) is 2.82. The van der Waals surface area contributed by atoms with Crippen LogP contribution in [0.25, 0.3) is 0 Å². The van der Waals surface area contributed by atoms with Crippen LogP contribution >= 0.6 is 0 Å². The molecule has 2 fully saturated rings. The van der Waals surface area contributed by atoms with Gasteiger partial charge in [0.15, 0.2) is 0 Å². The van der Waals surface area contributed by atoms with Crippen molar-refractivity contribution in [1.82, 2.24) is 20.0 Å². The molecule has 4 amide bonds. The Morgan fingerprint density at radius 1 is 1.29 bits per heavy atom. The number of piperidine rings is 1. The van der Waals surface area contributed by atoms with E-state index in [0.717, 1.165) is 25.9 Å². The minimum atomic E-state index is -0.139. The minimum absolute atomic E-state index is 0.111. The Hall–Kier alpha value is -1.63. The highest BCUT2D eigenvalue weighted by atomic mass is 16.2. The second-order valence-corrected chi connectivity index (χ2v) is 5.88. The predicted octanol–water partition coefficient (Wildman–Crippen LogP) is -0.129. The van der Waals surface area contributed by atoms with Crippen molar-refractivity contribution in [2.24, 2.45) is 0 Å². The second kappa shape index (κ2) is 6.89. The molecule has 0 spiro atoms. The molecule has 2 rings (SSSR count). The Kier molecular flexibility index (Phi) is 5.17. The Morgan fingerprint density at radius 3 is 2.57 bits per heavy atom. The van der Waals surface area contributed by atoms with Gasteiger partial charge in [-0.25, -0.2) is 4.79 Å². The Labute approximate surface area is 125 Å². The molecule has 21 heavy (non-hydrogen) atoms. The average molecular weight is 296 g/mol. The summed E-state index contributed by atoms with van der Waals surface area (Å²) in [6.45, 7) is 2.08. The molecule has 0 aliphatic carbocycles. The van der Waals surface area contributed by atoms with Gasteiger partial charge in [0.2, 0.25) is 11.8 Å². The quantitative estimate of drug-likeness (QED) is 0.734. The van der Waals surface area contributed by atoms with Gasteiger partial charge in [-0.1, -0.05) is 0 Å². The summed E-state index contributed by atoms with van der Waals surface area (Å²) in [6, 6.07) is 0.284. The predicted molar refractivity (Wildman–Crippen MR) is 77.6 cm³/mol. The highest BCUT2D eigenvalue weighted by Crippen LogP contribution is 2.14. The number of carbonyl (C=O) groups is 3. The topological polar surface area (TPSA) is 73.0 Å². The van der Waals surface area contributed by atoms with Crippen LogP contribution in [0.3, 0.4) is 0 Å². The van der Waals surface area contributed by atoms with Crippen molar-refractivity contribution in [1.29, 1.82) is 0 Å². The van der Waals surface area contributed by atoms with E-state index in [1.165, 1.54) is 4.90 Å². The molecule has 2 heterocycles. The summed E-state index contributed by atoms with van der Waals surface area (Å²) in [5, 5.41) is 2.80. The number of amides is 4. The number of rotatable bonds is 4. The monoisotopic (exact) mass is 296 g/mol. The van der Waals surface area contributed by atoms with Gasteiger partial charge in [0, 0.05) is 45.1 Å². The zero-order chi connectivity index (χ0) is 15.4. The van der Waals surface area contributed by atoms with Gasteiger partial charge in [-0.05, 0) is 26.9 Å². The highest BCUT2D eigenvalue weighted by molar-refractivity contribution is 6.01. The summed E-state index contributed by atoms with van der Waals surface area (Å²) >= 11 is 0. The lowest BCUT2D eigenvalue weighted by Crippen LogP contribution is -2.51. The van der Waals surface area contributed by atoms with Crippen LogP contribution in [0.4, 0.5) is 4.79 Å². The molecular formula is C14H24N4O3. The number of carbonyl (C=O) groups excluding carboxylic acids is 3. The number of likely N-dealkylation sites (N-methyl/N-ethyl adjacent to an activating group) is 1. The van der Waals surface area contributed by atoms with Crippen molar-refractivity contribution in [3.05, 3.63) is 0 Å². The number of imide groups is 1. The largest absolute Gasteiger partial charge is 0.336 e. The summed E-state index contributed by atoms with van der Waals surface area (Å²) in [5.74, 6) is -0.278. The normalized spacial score (nSPS) is 23.1. The molecule has 0 aromatic carbocycles. The van der Waals surface area contributed by atoms with Crippen molar-refractivity contribution >= 4 is 17.8 Å². The molecule has 0 aromatic rings. The molecule has 1 N–H and O–H groups in total. The third-order valence-corrected chi connectivity index (χ3v) is 4.18. The minimum Gasteiger partial charge on any atom is -0.336 e. The van der Waals surface area contributed by atoms with Gasteiger partial charge in [0.25, 0.3) is 0 Å². The molecule has 0 saturated carbocycles. The molecular weight excluding hydrogens is 272 g/mol. The van der Waals surface area contributed by atoms with Crippen molar-refractivity contribution in [2.75, 3.05) is 40.3 Å². The maximum absolute atomic E-state index is 12.1. The standard InChI is InChI=1S/C14H24N4O3/c1-16(2)11-4-3-8-17(10-11)14(21)15-7-9-18-12(19)5-6-13(18)20/h11H,3-10H2,1-2H3,(H,15,21). The van der Waals surface area contributed by atoms with Crippen LogP contribution in [-0.2, 0) is 9.59 Å². The molecule has 0 bridgehead atoms. The van der Waals surface area contributed by atoms with Crippen molar-refractivity contribution in [2.45, 2.75) is 31.7 Å². The summed E-state index contributed by atoms with van der Waals surface area (Å²) < 4.78 is 0. The molecule has 1 atom stereocenters. The molecule has 2 saturated heterocycles. The first kappa shape index (κ1) is 15.8. The van der Waals surface area contributed by atoms with Crippen LogP contribution in [0.5, 0.6) is 0 Å². The van der Waals surface area contributed by atoms with Crippen LogP contribution in [0.2, 0.25) is 0 Å². The first-order valence-corrected chi connectivity index (χ1v) is 7.51. The number of hydrogen-bond donors (Lipinski definition) is 1. The van der Waals surface area contributed by atoms with Crippen LogP contribution in [-0.4, -0.2) is 78.9 Å². The second-order valence-electron chi connectivity index (χ2n) is 5.88. The summed E-state index contributed by atoms with van der Waals surface area (Å²) in [4.78, 5) is 40.2. The maximum Gasteiger partial charge on any atom is 0.317 e. The molecule has 1 unspecified atom stereocenters. The fourth-order valence-corrected chi connectivity index (χ4v) is 2.82. The maximum atomic E-state index is 12.1. The molecule has 2 aliphatic heterocycles. The SMILES string of the molecule is CN(C)C1CCCN(C(=O)NCCN2C(=O)CCC2=O)C1.